The van der Waals surface area contributed by atoms with Crippen LogP contribution < -0.4 is 0 Å². The van der Waals surface area contributed by atoms with Crippen LogP contribution in [0.5, 0.6) is 0 Å². The van der Waals surface area contributed by atoms with Crippen molar-refractivity contribution in [2.75, 3.05) is 13.1 Å². The van der Waals surface area contributed by atoms with E-state index in [-0.39, 0.29) is 0 Å². The molecule has 0 bridgehead atoms. The first-order valence-electron chi connectivity index (χ1n) is 4.61. The highest BCUT2D eigenvalue weighted by Crippen LogP contribution is 2.23. The van der Waals surface area contributed by atoms with Crippen molar-refractivity contribution in [2.24, 2.45) is 0 Å². The van der Waals surface area contributed by atoms with Crippen LogP contribution in [0.25, 0.3) is 0 Å². The van der Waals surface area contributed by atoms with Crippen molar-refractivity contribution < 1.29 is 4.52 Å². The molecule has 0 saturated carbocycles. The van der Waals surface area contributed by atoms with E-state index in [0.29, 0.717) is 11.8 Å². The average Bonchev–Trinajstić information content (AvgIpc) is 2.52. The highest BCUT2D eigenvalue weighted by molar-refractivity contribution is 4.97. The largest absolute Gasteiger partial charge is 0.459 e. The maximum absolute atomic E-state index is 4.95. The molecule has 1 unspecified atom stereocenters. The standard InChI is InChI=1S/C9H14N3O/c1-7-10-9(11-13-7)8-4-3-5-12(2)6-8/h8H,2-6H2,1H3/q-1. The third-order valence-electron chi connectivity index (χ3n) is 2.41. The van der Waals surface area contributed by atoms with Crippen LogP contribution in [-0.2, 0) is 0 Å². The smallest absolute Gasteiger partial charge is 0.223 e. The first-order chi connectivity index (χ1) is 6.25. The molecule has 0 radical (unpaired) electrons. The van der Waals surface area contributed by atoms with Crippen molar-refractivity contribution in [2.45, 2.75) is 25.7 Å². The van der Waals surface area contributed by atoms with Crippen molar-refractivity contribution in [3.8, 4) is 0 Å². The van der Waals surface area contributed by atoms with Crippen molar-refractivity contribution in [3.05, 3.63) is 18.8 Å². The molecule has 13 heavy (non-hydrogen) atoms. The lowest BCUT2D eigenvalue weighted by Crippen LogP contribution is -2.29. The van der Waals surface area contributed by atoms with Gasteiger partial charge in [-0.15, -0.1) is 0 Å². The number of hydrogen-bond donors (Lipinski definition) is 0. The number of aryl methyl sites for hydroxylation is 1. The SMILES string of the molecule is [CH2-]N1CCCC(c2noc(C)n2)C1. The van der Waals surface area contributed by atoms with Crippen molar-refractivity contribution >= 4 is 0 Å². The number of nitrogens with zero attached hydrogens (tertiary/aromatic N) is 3. The third-order valence-corrected chi connectivity index (χ3v) is 2.41. The zero-order valence-electron chi connectivity index (χ0n) is 7.86. The molecular weight excluding hydrogens is 166 g/mol. The highest BCUT2D eigenvalue weighted by Gasteiger charge is 2.20. The fourth-order valence-corrected chi connectivity index (χ4v) is 1.75. The predicted molar refractivity (Wildman–Crippen MR) is 47.9 cm³/mol. The van der Waals surface area contributed by atoms with E-state index in [1.807, 2.05) is 6.92 Å². The Balaban J connectivity index is 2.08. The average molecular weight is 180 g/mol. The normalized spacial score (nSPS) is 24.9. The summed E-state index contributed by atoms with van der Waals surface area (Å²) in [5, 5.41) is 3.93. The fraction of sp³-hybridized carbons (Fsp3) is 0.667. The lowest BCUT2D eigenvalue weighted by Gasteiger charge is -2.33. The van der Waals surface area contributed by atoms with E-state index in [2.05, 4.69) is 22.1 Å². The molecule has 1 fully saturated rings. The minimum atomic E-state index is 0.406. The van der Waals surface area contributed by atoms with Crippen LogP contribution in [0.1, 0.15) is 30.5 Å². The quantitative estimate of drug-likeness (QED) is 0.612. The van der Waals surface area contributed by atoms with Gasteiger partial charge in [0.15, 0.2) is 5.82 Å². The van der Waals surface area contributed by atoms with Crippen molar-refractivity contribution in [1.82, 2.24) is 15.0 Å². The zero-order valence-corrected chi connectivity index (χ0v) is 7.86. The Bertz CT molecular complexity index is 284. The molecule has 2 rings (SSSR count). The van der Waals surface area contributed by atoms with Gasteiger partial charge in [-0.3, -0.25) is 7.05 Å². The lowest BCUT2D eigenvalue weighted by molar-refractivity contribution is 0.265. The number of hydrogen-bond acceptors (Lipinski definition) is 4. The molecule has 0 spiro atoms. The summed E-state index contributed by atoms with van der Waals surface area (Å²) in [6.45, 7) is 3.84. The molecule has 1 aliphatic heterocycles. The summed E-state index contributed by atoms with van der Waals surface area (Å²) in [4.78, 5) is 6.31. The Hall–Kier alpha value is -0.900. The molecule has 1 aromatic heterocycles. The number of aromatic nitrogens is 2. The maximum Gasteiger partial charge on any atom is 0.223 e. The van der Waals surface area contributed by atoms with Gasteiger partial charge in [0.2, 0.25) is 5.89 Å². The minimum Gasteiger partial charge on any atom is -0.459 e. The van der Waals surface area contributed by atoms with Crippen LogP contribution in [0.4, 0.5) is 0 Å². The number of likely N-dealkylation sites (tertiary alicyclic amines) is 1. The number of piperidine rings is 1. The lowest BCUT2D eigenvalue weighted by atomic mass is 9.98. The maximum atomic E-state index is 4.95. The van der Waals surface area contributed by atoms with Gasteiger partial charge >= 0.3 is 0 Å². The molecule has 72 valence electrons. The molecule has 4 heteroatoms. The Morgan fingerprint density at radius 2 is 2.46 bits per heavy atom. The highest BCUT2D eigenvalue weighted by atomic mass is 16.5. The summed E-state index contributed by atoms with van der Waals surface area (Å²) in [5.41, 5.74) is 0. The zero-order chi connectivity index (χ0) is 9.26. The predicted octanol–water partition coefficient (Wildman–Crippen LogP) is 1.35. The van der Waals surface area contributed by atoms with E-state index in [1.54, 1.807) is 0 Å². The van der Waals surface area contributed by atoms with E-state index < -0.39 is 0 Å². The van der Waals surface area contributed by atoms with Crippen LogP contribution >= 0.6 is 0 Å². The second kappa shape index (κ2) is 3.46. The molecule has 1 aliphatic rings. The molecule has 0 N–H and O–H groups in total. The van der Waals surface area contributed by atoms with Crippen LogP contribution in [-0.4, -0.2) is 28.1 Å². The summed E-state index contributed by atoms with van der Waals surface area (Å²) in [6.07, 6.45) is 2.31. The van der Waals surface area contributed by atoms with E-state index in [0.717, 1.165) is 25.3 Å². The molecule has 4 nitrogen and oxygen atoms in total. The summed E-state index contributed by atoms with van der Waals surface area (Å²) in [7, 11) is 3.93. The van der Waals surface area contributed by atoms with Gasteiger partial charge in [-0.25, -0.2) is 0 Å². The van der Waals surface area contributed by atoms with Gasteiger partial charge in [-0.1, -0.05) is 5.16 Å². The second-order valence-electron chi connectivity index (χ2n) is 3.59. The minimum absolute atomic E-state index is 0.406. The fourth-order valence-electron chi connectivity index (χ4n) is 1.75. The summed E-state index contributed by atoms with van der Waals surface area (Å²) >= 11 is 0. The van der Waals surface area contributed by atoms with Gasteiger partial charge < -0.3 is 9.42 Å². The molecule has 0 aromatic carbocycles. The summed E-state index contributed by atoms with van der Waals surface area (Å²) in [6, 6.07) is 0. The van der Waals surface area contributed by atoms with E-state index in [1.165, 1.54) is 6.42 Å². The monoisotopic (exact) mass is 180 g/mol. The van der Waals surface area contributed by atoms with E-state index in [9.17, 15) is 0 Å². The van der Waals surface area contributed by atoms with Crippen molar-refractivity contribution in [3.63, 3.8) is 0 Å². The van der Waals surface area contributed by atoms with Gasteiger partial charge in [0, 0.05) is 12.8 Å². The summed E-state index contributed by atoms with van der Waals surface area (Å²) < 4.78 is 4.95. The van der Waals surface area contributed by atoms with Gasteiger partial charge in [0.1, 0.15) is 0 Å². The third kappa shape index (κ3) is 1.88. The van der Waals surface area contributed by atoms with Gasteiger partial charge in [0.25, 0.3) is 0 Å². The molecule has 0 aliphatic carbocycles. The second-order valence-corrected chi connectivity index (χ2v) is 3.59. The Morgan fingerprint density at radius 3 is 3.08 bits per heavy atom. The van der Waals surface area contributed by atoms with Gasteiger partial charge in [-0.05, 0) is 25.9 Å². The molecule has 1 saturated heterocycles. The van der Waals surface area contributed by atoms with Crippen LogP contribution in [0.3, 0.4) is 0 Å². The first-order valence-corrected chi connectivity index (χ1v) is 4.61. The Kier molecular flexibility index (Phi) is 2.31. The molecular formula is C9H14N3O-. The first kappa shape index (κ1) is 8.69. The van der Waals surface area contributed by atoms with Gasteiger partial charge in [0.05, 0.1) is 0 Å². The molecule has 2 heterocycles. The van der Waals surface area contributed by atoms with Crippen LogP contribution in [0.15, 0.2) is 4.52 Å². The van der Waals surface area contributed by atoms with Crippen LogP contribution in [0, 0.1) is 14.0 Å². The van der Waals surface area contributed by atoms with E-state index >= 15 is 0 Å². The topological polar surface area (TPSA) is 42.2 Å². The van der Waals surface area contributed by atoms with E-state index in [4.69, 9.17) is 4.52 Å². The van der Waals surface area contributed by atoms with Crippen LogP contribution in [0.2, 0.25) is 0 Å². The summed E-state index contributed by atoms with van der Waals surface area (Å²) in [5.74, 6) is 1.89. The van der Waals surface area contributed by atoms with Crippen molar-refractivity contribution in [1.29, 1.82) is 0 Å². The van der Waals surface area contributed by atoms with Gasteiger partial charge in [-0.2, -0.15) is 4.98 Å². The Morgan fingerprint density at radius 1 is 1.62 bits per heavy atom. The number of rotatable bonds is 1. The molecule has 0 amide bonds. The molecule has 1 atom stereocenters. The Labute approximate surface area is 77.9 Å². The molecule has 1 aromatic rings.